The van der Waals surface area contributed by atoms with Crippen molar-refractivity contribution in [2.75, 3.05) is 0 Å². The van der Waals surface area contributed by atoms with Gasteiger partial charge in [-0.2, -0.15) is 0 Å². The van der Waals surface area contributed by atoms with Gasteiger partial charge in [0, 0.05) is 0 Å². The van der Waals surface area contributed by atoms with Gasteiger partial charge in [-0.15, -0.1) is 0 Å². The molecule has 0 saturated heterocycles. The molecule has 0 N–H and O–H groups in total. The van der Waals surface area contributed by atoms with Gasteiger partial charge in [-0.05, 0) is 26.2 Å². The predicted molar refractivity (Wildman–Crippen MR) is 66.1 cm³/mol. The summed E-state index contributed by atoms with van der Waals surface area (Å²) < 4.78 is 0. The molecule has 0 saturated carbocycles. The van der Waals surface area contributed by atoms with Crippen LogP contribution in [0.2, 0.25) is 11.6 Å². The molecule has 79 valence electrons. The molecule has 1 atom stereocenters. The monoisotopic (exact) mass is 191 g/mol. The Morgan fingerprint density at radius 3 is 2.71 bits per heavy atom. The Balaban J connectivity index is 2.35. The molecule has 1 rings (SSSR count). The Kier molecular flexibility index (Phi) is 5.36. The molecule has 1 radical (unpaired) electrons. The fourth-order valence-corrected chi connectivity index (χ4v) is 2.35. The van der Waals surface area contributed by atoms with Crippen LogP contribution in [0.25, 0.3) is 0 Å². The summed E-state index contributed by atoms with van der Waals surface area (Å²) in [4.78, 5) is 0. The normalized spacial score (nSPS) is 28.6. The summed E-state index contributed by atoms with van der Waals surface area (Å²) in [7, 11) is 2.56. The van der Waals surface area contributed by atoms with Crippen molar-refractivity contribution < 1.29 is 0 Å². The van der Waals surface area contributed by atoms with Crippen molar-refractivity contribution in [3.63, 3.8) is 0 Å². The summed E-state index contributed by atoms with van der Waals surface area (Å²) in [5, 5.41) is 0. The fourth-order valence-electron chi connectivity index (χ4n) is 2.35. The maximum Gasteiger partial charge on any atom is 0.117 e. The molecule has 0 spiro atoms. The fraction of sp³-hybridized carbons (Fsp3) is 0.846. The van der Waals surface area contributed by atoms with Crippen LogP contribution in [0.5, 0.6) is 0 Å². The lowest BCUT2D eigenvalue weighted by molar-refractivity contribution is 0.617. The molecule has 1 unspecified atom stereocenters. The summed E-state index contributed by atoms with van der Waals surface area (Å²) >= 11 is 0. The van der Waals surface area contributed by atoms with Crippen LogP contribution in [0.15, 0.2) is 11.6 Å². The third-order valence-corrected chi connectivity index (χ3v) is 3.07. The average molecular weight is 191 g/mol. The molecule has 0 aliphatic heterocycles. The predicted octanol–water partition coefficient (Wildman–Crippen LogP) is 4.61. The Labute approximate surface area is 90.4 Å². The van der Waals surface area contributed by atoms with E-state index in [2.05, 4.69) is 34.1 Å². The highest BCUT2D eigenvalue weighted by Crippen LogP contribution is 2.27. The highest BCUT2D eigenvalue weighted by molar-refractivity contribution is 6.39. The molecule has 0 heterocycles. The van der Waals surface area contributed by atoms with Crippen molar-refractivity contribution in [3.05, 3.63) is 11.6 Å². The smallest absolute Gasteiger partial charge is 0.0856 e. The number of rotatable bonds is 2. The number of allylic oxidation sites excluding steroid dienone is 2. The van der Waals surface area contributed by atoms with Crippen LogP contribution in [-0.4, -0.2) is 7.28 Å². The molecule has 0 amide bonds. The van der Waals surface area contributed by atoms with Gasteiger partial charge >= 0.3 is 0 Å². The zero-order valence-corrected chi connectivity index (χ0v) is 10.1. The van der Waals surface area contributed by atoms with Crippen LogP contribution < -0.4 is 0 Å². The van der Waals surface area contributed by atoms with Gasteiger partial charge in [0.2, 0.25) is 0 Å². The summed E-state index contributed by atoms with van der Waals surface area (Å²) in [6, 6.07) is 0. The molecule has 0 aromatic rings. The van der Waals surface area contributed by atoms with E-state index in [-0.39, 0.29) is 0 Å². The van der Waals surface area contributed by atoms with Crippen LogP contribution in [0.3, 0.4) is 0 Å². The SMILES string of the molecule is C/C1=C/CCCC([B]C(C)C)CCC1. The Bertz CT molecular complexity index is 182. The van der Waals surface area contributed by atoms with Gasteiger partial charge in [0.1, 0.15) is 7.28 Å². The molecule has 14 heavy (non-hydrogen) atoms. The highest BCUT2D eigenvalue weighted by atomic mass is 14.1. The molecule has 1 heteroatoms. The Hall–Kier alpha value is -0.195. The maximum atomic E-state index is 2.56. The molecule has 0 aromatic carbocycles. The zero-order valence-electron chi connectivity index (χ0n) is 10.1. The van der Waals surface area contributed by atoms with Crippen LogP contribution in [0.4, 0.5) is 0 Å². The first-order chi connectivity index (χ1) is 6.68. The van der Waals surface area contributed by atoms with Crippen LogP contribution in [0.1, 0.15) is 59.3 Å². The van der Waals surface area contributed by atoms with Gasteiger partial charge in [0.05, 0.1) is 0 Å². The van der Waals surface area contributed by atoms with Gasteiger partial charge in [0.25, 0.3) is 0 Å². The molecule has 0 bridgehead atoms. The van der Waals surface area contributed by atoms with Gasteiger partial charge in [-0.3, -0.25) is 0 Å². The summed E-state index contributed by atoms with van der Waals surface area (Å²) in [6.07, 6.45) is 10.6. The zero-order chi connectivity index (χ0) is 10.4. The third-order valence-electron chi connectivity index (χ3n) is 3.07. The van der Waals surface area contributed by atoms with E-state index in [1.807, 2.05) is 0 Å². The number of hydrogen-bond donors (Lipinski definition) is 0. The van der Waals surface area contributed by atoms with E-state index in [1.54, 1.807) is 5.57 Å². The second-order valence-electron chi connectivity index (χ2n) is 5.07. The summed E-state index contributed by atoms with van der Waals surface area (Å²) in [5.74, 6) is 1.64. The molecular formula is C13H24B. The lowest BCUT2D eigenvalue weighted by Crippen LogP contribution is -2.07. The first-order valence-corrected chi connectivity index (χ1v) is 6.19. The van der Waals surface area contributed by atoms with Gasteiger partial charge in [0.15, 0.2) is 0 Å². The average Bonchev–Trinajstić information content (AvgIpc) is 2.18. The summed E-state index contributed by atoms with van der Waals surface area (Å²) in [5.41, 5.74) is 1.61. The first-order valence-electron chi connectivity index (χ1n) is 6.19. The van der Waals surface area contributed by atoms with Crippen molar-refractivity contribution >= 4 is 7.28 Å². The van der Waals surface area contributed by atoms with Gasteiger partial charge in [-0.1, -0.05) is 56.4 Å². The standard InChI is InChI=1S/C13H24B/c1-11(2)14-13-9-5-4-7-12(3)8-6-10-13/h7,11,13H,4-6,8-10H2,1-3H3/b12-7-. The number of hydrogen-bond acceptors (Lipinski definition) is 0. The van der Waals surface area contributed by atoms with E-state index >= 15 is 0 Å². The molecule has 1 aliphatic rings. The highest BCUT2D eigenvalue weighted by Gasteiger charge is 2.12. The minimum Gasteiger partial charge on any atom is -0.0856 e. The molecule has 0 nitrogen and oxygen atoms in total. The first kappa shape index (κ1) is 11.9. The van der Waals surface area contributed by atoms with E-state index < -0.39 is 0 Å². The van der Waals surface area contributed by atoms with E-state index in [0.717, 1.165) is 11.6 Å². The molecule has 0 fully saturated rings. The molecule has 0 aromatic heterocycles. The van der Waals surface area contributed by atoms with E-state index in [1.165, 1.54) is 38.5 Å². The lowest BCUT2D eigenvalue weighted by atomic mass is 9.53. The van der Waals surface area contributed by atoms with Gasteiger partial charge in [-0.25, -0.2) is 0 Å². The minimum absolute atomic E-state index is 0.759. The van der Waals surface area contributed by atoms with E-state index in [4.69, 9.17) is 0 Å². The second-order valence-corrected chi connectivity index (χ2v) is 5.07. The Morgan fingerprint density at radius 2 is 2.00 bits per heavy atom. The van der Waals surface area contributed by atoms with Crippen LogP contribution in [-0.2, 0) is 0 Å². The van der Waals surface area contributed by atoms with Crippen LogP contribution in [0, 0.1) is 0 Å². The van der Waals surface area contributed by atoms with Crippen molar-refractivity contribution in [3.8, 4) is 0 Å². The lowest BCUT2D eigenvalue weighted by Gasteiger charge is -2.16. The molecule has 1 aliphatic carbocycles. The van der Waals surface area contributed by atoms with Crippen molar-refractivity contribution in [1.82, 2.24) is 0 Å². The molecular weight excluding hydrogens is 167 g/mol. The topological polar surface area (TPSA) is 0 Å². The minimum atomic E-state index is 0.759. The largest absolute Gasteiger partial charge is 0.117 e. The van der Waals surface area contributed by atoms with E-state index in [9.17, 15) is 0 Å². The van der Waals surface area contributed by atoms with Gasteiger partial charge < -0.3 is 0 Å². The Morgan fingerprint density at radius 1 is 1.29 bits per heavy atom. The van der Waals surface area contributed by atoms with Crippen molar-refractivity contribution in [2.24, 2.45) is 0 Å². The maximum absolute atomic E-state index is 2.56. The third kappa shape index (κ3) is 4.88. The van der Waals surface area contributed by atoms with Crippen LogP contribution >= 0.6 is 0 Å². The van der Waals surface area contributed by atoms with E-state index in [0.29, 0.717) is 0 Å². The van der Waals surface area contributed by atoms with Crippen molar-refractivity contribution in [2.45, 2.75) is 70.9 Å². The second kappa shape index (κ2) is 6.32. The van der Waals surface area contributed by atoms with Crippen molar-refractivity contribution in [1.29, 1.82) is 0 Å². The summed E-state index contributed by atoms with van der Waals surface area (Å²) in [6.45, 7) is 6.89. The quantitative estimate of drug-likeness (QED) is 0.441.